The van der Waals surface area contributed by atoms with Crippen molar-refractivity contribution in [3.8, 4) is 0 Å². The standard InChI is InChI=1S/C13H22N2O2/c1-5-13(17,6-2)12(16)9-11-8-10(4)14-15(11)7-3/h8,17H,5-7,9H2,1-4H3. The molecule has 0 spiro atoms. The fraction of sp³-hybridized carbons (Fsp3) is 0.692. The molecule has 4 nitrogen and oxygen atoms in total. The van der Waals surface area contributed by atoms with Gasteiger partial charge < -0.3 is 5.11 Å². The van der Waals surface area contributed by atoms with E-state index in [0.717, 1.165) is 17.9 Å². The van der Waals surface area contributed by atoms with Crippen LogP contribution in [0.1, 0.15) is 45.0 Å². The van der Waals surface area contributed by atoms with E-state index in [2.05, 4.69) is 5.10 Å². The van der Waals surface area contributed by atoms with Crippen LogP contribution in [0.2, 0.25) is 0 Å². The number of hydrogen-bond acceptors (Lipinski definition) is 3. The summed E-state index contributed by atoms with van der Waals surface area (Å²) < 4.78 is 1.82. The van der Waals surface area contributed by atoms with Crippen LogP contribution in [0.25, 0.3) is 0 Å². The Morgan fingerprint density at radius 1 is 1.41 bits per heavy atom. The van der Waals surface area contributed by atoms with Gasteiger partial charge in [0.1, 0.15) is 5.60 Å². The molecule has 0 atom stereocenters. The Kier molecular flexibility index (Phi) is 4.46. The first-order chi connectivity index (χ1) is 7.96. The van der Waals surface area contributed by atoms with E-state index >= 15 is 0 Å². The first kappa shape index (κ1) is 13.9. The van der Waals surface area contributed by atoms with E-state index in [1.807, 2.05) is 38.4 Å². The van der Waals surface area contributed by atoms with Gasteiger partial charge >= 0.3 is 0 Å². The highest BCUT2D eigenvalue weighted by Gasteiger charge is 2.31. The van der Waals surface area contributed by atoms with Crippen molar-refractivity contribution in [3.05, 3.63) is 17.5 Å². The summed E-state index contributed by atoms with van der Waals surface area (Å²) in [6.07, 6.45) is 1.18. The van der Waals surface area contributed by atoms with Gasteiger partial charge in [0.05, 0.1) is 12.1 Å². The van der Waals surface area contributed by atoms with Gasteiger partial charge in [0.15, 0.2) is 5.78 Å². The molecule has 0 fully saturated rings. The van der Waals surface area contributed by atoms with Gasteiger partial charge in [-0.25, -0.2) is 0 Å². The zero-order chi connectivity index (χ0) is 13.1. The average molecular weight is 238 g/mol. The lowest BCUT2D eigenvalue weighted by atomic mass is 9.89. The minimum Gasteiger partial charge on any atom is -0.382 e. The summed E-state index contributed by atoms with van der Waals surface area (Å²) in [5, 5.41) is 14.4. The van der Waals surface area contributed by atoms with Gasteiger partial charge in [-0.3, -0.25) is 9.48 Å². The second kappa shape index (κ2) is 5.45. The molecule has 0 radical (unpaired) electrons. The largest absolute Gasteiger partial charge is 0.382 e. The number of nitrogens with zero attached hydrogens (tertiary/aromatic N) is 2. The van der Waals surface area contributed by atoms with Crippen molar-refractivity contribution in [2.24, 2.45) is 0 Å². The number of carbonyl (C=O) groups excluding carboxylic acids is 1. The number of aliphatic hydroxyl groups is 1. The van der Waals surface area contributed by atoms with Crippen molar-refractivity contribution in [2.75, 3.05) is 0 Å². The number of aromatic nitrogens is 2. The third-order valence-electron chi connectivity index (χ3n) is 3.32. The van der Waals surface area contributed by atoms with E-state index in [1.54, 1.807) is 0 Å². The minimum atomic E-state index is -1.18. The molecule has 0 bridgehead atoms. The van der Waals surface area contributed by atoms with Crippen LogP contribution in [-0.2, 0) is 17.8 Å². The molecule has 0 saturated heterocycles. The highest BCUT2D eigenvalue weighted by Crippen LogP contribution is 2.19. The van der Waals surface area contributed by atoms with E-state index in [4.69, 9.17) is 0 Å². The summed E-state index contributed by atoms with van der Waals surface area (Å²) in [4.78, 5) is 12.1. The summed E-state index contributed by atoms with van der Waals surface area (Å²) in [5.74, 6) is -0.114. The molecule has 1 N–H and O–H groups in total. The van der Waals surface area contributed by atoms with Crippen LogP contribution in [0.15, 0.2) is 6.07 Å². The number of hydrogen-bond donors (Lipinski definition) is 1. The van der Waals surface area contributed by atoms with Crippen molar-refractivity contribution in [2.45, 2.75) is 59.1 Å². The molecule has 17 heavy (non-hydrogen) atoms. The fourth-order valence-corrected chi connectivity index (χ4v) is 1.99. The maximum absolute atomic E-state index is 12.1. The van der Waals surface area contributed by atoms with Crippen LogP contribution in [0, 0.1) is 6.92 Å². The number of Topliss-reactive ketones (excluding diaryl/α,β-unsaturated/α-hetero) is 1. The van der Waals surface area contributed by atoms with Gasteiger partial charge in [-0.2, -0.15) is 5.10 Å². The number of aryl methyl sites for hydroxylation is 2. The van der Waals surface area contributed by atoms with Crippen molar-refractivity contribution in [1.29, 1.82) is 0 Å². The monoisotopic (exact) mass is 238 g/mol. The molecule has 1 aromatic heterocycles. The van der Waals surface area contributed by atoms with Crippen LogP contribution < -0.4 is 0 Å². The van der Waals surface area contributed by atoms with Gasteiger partial charge in [0.2, 0.25) is 0 Å². The Bertz CT molecular complexity index is 392. The second-order valence-electron chi connectivity index (χ2n) is 4.43. The molecule has 4 heteroatoms. The topological polar surface area (TPSA) is 55.1 Å². The van der Waals surface area contributed by atoms with Crippen molar-refractivity contribution in [3.63, 3.8) is 0 Å². The summed E-state index contributed by atoms with van der Waals surface area (Å²) in [7, 11) is 0. The van der Waals surface area contributed by atoms with Gasteiger partial charge in [-0.05, 0) is 32.8 Å². The van der Waals surface area contributed by atoms with E-state index in [9.17, 15) is 9.90 Å². The van der Waals surface area contributed by atoms with Crippen LogP contribution in [-0.4, -0.2) is 26.3 Å². The highest BCUT2D eigenvalue weighted by atomic mass is 16.3. The smallest absolute Gasteiger partial charge is 0.170 e. The summed E-state index contributed by atoms with van der Waals surface area (Å²) in [6, 6.07) is 1.91. The molecule has 0 aliphatic rings. The van der Waals surface area contributed by atoms with Gasteiger partial charge in [0, 0.05) is 12.2 Å². The van der Waals surface area contributed by atoms with Gasteiger partial charge in [0.25, 0.3) is 0 Å². The SMILES string of the molecule is CCn1nc(C)cc1CC(=O)C(O)(CC)CC. The first-order valence-corrected chi connectivity index (χ1v) is 6.25. The van der Waals surface area contributed by atoms with E-state index < -0.39 is 5.60 Å². The minimum absolute atomic E-state index is 0.114. The Labute approximate surface area is 103 Å². The number of carbonyl (C=O) groups is 1. The lowest BCUT2D eigenvalue weighted by Gasteiger charge is -2.23. The van der Waals surface area contributed by atoms with E-state index in [0.29, 0.717) is 12.8 Å². The van der Waals surface area contributed by atoms with E-state index in [1.165, 1.54) is 0 Å². The molecule has 0 aromatic carbocycles. The molecule has 0 amide bonds. The molecule has 0 aliphatic carbocycles. The molecule has 1 heterocycles. The quantitative estimate of drug-likeness (QED) is 0.823. The molecule has 0 unspecified atom stereocenters. The van der Waals surface area contributed by atoms with Crippen molar-refractivity contribution in [1.82, 2.24) is 9.78 Å². The second-order valence-corrected chi connectivity index (χ2v) is 4.43. The maximum Gasteiger partial charge on any atom is 0.170 e. The Balaban J connectivity index is 2.87. The molecule has 0 saturated carbocycles. The molecule has 96 valence electrons. The first-order valence-electron chi connectivity index (χ1n) is 6.25. The van der Waals surface area contributed by atoms with Crippen molar-refractivity contribution < 1.29 is 9.90 Å². The van der Waals surface area contributed by atoms with Crippen LogP contribution in [0.3, 0.4) is 0 Å². The fourth-order valence-electron chi connectivity index (χ4n) is 1.99. The molecule has 1 aromatic rings. The van der Waals surface area contributed by atoms with Gasteiger partial charge in [-0.1, -0.05) is 13.8 Å². The molecular weight excluding hydrogens is 216 g/mol. The summed E-state index contributed by atoms with van der Waals surface area (Å²) in [5.41, 5.74) is 0.609. The third kappa shape index (κ3) is 2.94. The van der Waals surface area contributed by atoms with Crippen LogP contribution in [0.4, 0.5) is 0 Å². The summed E-state index contributed by atoms with van der Waals surface area (Å²) >= 11 is 0. The number of ketones is 1. The normalized spacial score (nSPS) is 11.8. The Morgan fingerprint density at radius 3 is 2.47 bits per heavy atom. The van der Waals surface area contributed by atoms with Crippen LogP contribution >= 0.6 is 0 Å². The van der Waals surface area contributed by atoms with Crippen molar-refractivity contribution >= 4 is 5.78 Å². The van der Waals surface area contributed by atoms with E-state index in [-0.39, 0.29) is 12.2 Å². The highest BCUT2D eigenvalue weighted by molar-refractivity contribution is 5.88. The molecule has 1 rings (SSSR count). The van der Waals surface area contributed by atoms with Gasteiger partial charge in [-0.15, -0.1) is 0 Å². The van der Waals surface area contributed by atoms with Crippen LogP contribution in [0.5, 0.6) is 0 Å². The molecular formula is C13H22N2O2. The number of rotatable bonds is 6. The zero-order valence-electron chi connectivity index (χ0n) is 11.2. The predicted octanol–water partition coefficient (Wildman–Crippen LogP) is 1.87. The third-order valence-corrected chi connectivity index (χ3v) is 3.32. The lowest BCUT2D eigenvalue weighted by Crippen LogP contribution is -2.38. The Hall–Kier alpha value is -1.16. The zero-order valence-corrected chi connectivity index (χ0v) is 11.2. The summed E-state index contributed by atoms with van der Waals surface area (Å²) in [6.45, 7) is 8.32. The maximum atomic E-state index is 12.1. The predicted molar refractivity (Wildman–Crippen MR) is 66.9 cm³/mol. The lowest BCUT2D eigenvalue weighted by molar-refractivity contribution is -0.137. The average Bonchev–Trinajstić information content (AvgIpc) is 2.68. The Morgan fingerprint density at radius 2 is 2.00 bits per heavy atom. The molecule has 0 aliphatic heterocycles.